The van der Waals surface area contributed by atoms with E-state index >= 15 is 0 Å². The molecule has 0 atom stereocenters. The van der Waals surface area contributed by atoms with E-state index in [2.05, 4.69) is 4.57 Å². The zero-order valence-electron chi connectivity index (χ0n) is 18.6. The van der Waals surface area contributed by atoms with E-state index in [0.29, 0.717) is 56.3 Å². The number of fused-ring (bicyclic) bond motifs is 1. The SMILES string of the molecule is CCOC(=O)C1CCN(C(=O)c2cc3sccc3n2Cc2cc(OC)cc(OC)c2)CC1. The second-order valence-corrected chi connectivity index (χ2v) is 8.77. The molecule has 0 spiro atoms. The molecule has 32 heavy (non-hydrogen) atoms. The van der Waals surface area contributed by atoms with E-state index in [0.717, 1.165) is 15.8 Å². The number of carbonyl (C=O) groups excluding carboxylic acids is 2. The summed E-state index contributed by atoms with van der Waals surface area (Å²) in [7, 11) is 3.25. The summed E-state index contributed by atoms with van der Waals surface area (Å²) >= 11 is 1.62. The van der Waals surface area contributed by atoms with E-state index in [1.807, 2.05) is 47.5 Å². The van der Waals surface area contributed by atoms with Gasteiger partial charge in [-0.3, -0.25) is 9.59 Å². The second-order valence-electron chi connectivity index (χ2n) is 7.83. The van der Waals surface area contributed by atoms with Gasteiger partial charge in [0.05, 0.1) is 37.0 Å². The molecular formula is C24H28N2O5S. The van der Waals surface area contributed by atoms with Crippen LogP contribution < -0.4 is 9.47 Å². The average Bonchev–Trinajstić information content (AvgIpc) is 3.41. The first-order valence-electron chi connectivity index (χ1n) is 10.8. The lowest BCUT2D eigenvalue weighted by atomic mass is 9.97. The molecule has 3 aromatic rings. The third-order valence-electron chi connectivity index (χ3n) is 5.90. The first-order chi connectivity index (χ1) is 15.5. The lowest BCUT2D eigenvalue weighted by Gasteiger charge is -2.31. The predicted molar refractivity (Wildman–Crippen MR) is 124 cm³/mol. The summed E-state index contributed by atoms with van der Waals surface area (Å²) in [4.78, 5) is 27.4. The number of methoxy groups -OCH3 is 2. The molecule has 0 unspecified atom stereocenters. The Hall–Kier alpha value is -3.00. The lowest BCUT2D eigenvalue weighted by molar-refractivity contribution is -0.149. The van der Waals surface area contributed by atoms with Crippen molar-refractivity contribution in [1.82, 2.24) is 9.47 Å². The van der Waals surface area contributed by atoms with E-state index in [-0.39, 0.29) is 17.8 Å². The second kappa shape index (κ2) is 9.65. The van der Waals surface area contributed by atoms with Crippen molar-refractivity contribution in [2.24, 2.45) is 5.92 Å². The van der Waals surface area contributed by atoms with Crippen LogP contribution in [0.1, 0.15) is 35.8 Å². The van der Waals surface area contributed by atoms with Crippen molar-refractivity contribution in [2.45, 2.75) is 26.3 Å². The predicted octanol–water partition coefficient (Wildman–Crippen LogP) is 4.18. The molecule has 8 heteroatoms. The summed E-state index contributed by atoms with van der Waals surface area (Å²) in [6.07, 6.45) is 1.26. The highest BCUT2D eigenvalue weighted by molar-refractivity contribution is 7.17. The Morgan fingerprint density at radius 1 is 1.06 bits per heavy atom. The van der Waals surface area contributed by atoms with Crippen LogP contribution in [0.15, 0.2) is 35.7 Å². The van der Waals surface area contributed by atoms with Crippen LogP contribution >= 0.6 is 11.3 Å². The van der Waals surface area contributed by atoms with E-state index in [1.54, 1.807) is 25.6 Å². The molecule has 0 saturated carbocycles. The van der Waals surface area contributed by atoms with Gasteiger partial charge in [0, 0.05) is 25.7 Å². The van der Waals surface area contributed by atoms with Crippen LogP contribution in [0, 0.1) is 5.92 Å². The number of nitrogens with zero attached hydrogens (tertiary/aromatic N) is 2. The molecular weight excluding hydrogens is 428 g/mol. The van der Waals surface area contributed by atoms with Gasteiger partial charge in [0.2, 0.25) is 0 Å². The molecule has 1 aliphatic rings. The van der Waals surface area contributed by atoms with Gasteiger partial charge in [-0.2, -0.15) is 0 Å². The smallest absolute Gasteiger partial charge is 0.309 e. The summed E-state index contributed by atoms with van der Waals surface area (Å²) in [6, 6.07) is 9.76. The average molecular weight is 457 g/mol. The fourth-order valence-corrected chi connectivity index (χ4v) is 5.03. The Labute approximate surface area is 191 Å². The van der Waals surface area contributed by atoms with Crippen molar-refractivity contribution in [1.29, 1.82) is 0 Å². The number of hydrogen-bond donors (Lipinski definition) is 0. The Balaban J connectivity index is 1.58. The van der Waals surface area contributed by atoms with Gasteiger partial charge >= 0.3 is 5.97 Å². The van der Waals surface area contributed by atoms with Crippen molar-refractivity contribution < 1.29 is 23.8 Å². The van der Waals surface area contributed by atoms with E-state index < -0.39 is 0 Å². The van der Waals surface area contributed by atoms with Gasteiger partial charge in [0.25, 0.3) is 5.91 Å². The fraction of sp³-hybridized carbons (Fsp3) is 0.417. The normalized spacial score (nSPS) is 14.5. The van der Waals surface area contributed by atoms with Crippen molar-refractivity contribution in [3.8, 4) is 11.5 Å². The largest absolute Gasteiger partial charge is 0.497 e. The Kier molecular flexibility index (Phi) is 6.69. The fourth-order valence-electron chi connectivity index (χ4n) is 4.21. The minimum atomic E-state index is -0.157. The van der Waals surface area contributed by atoms with Crippen LogP contribution in [0.4, 0.5) is 0 Å². The molecule has 170 valence electrons. The monoisotopic (exact) mass is 456 g/mol. The molecule has 0 radical (unpaired) electrons. The third kappa shape index (κ3) is 4.46. The molecule has 3 heterocycles. The Morgan fingerprint density at radius 2 is 1.75 bits per heavy atom. The van der Waals surface area contributed by atoms with Crippen molar-refractivity contribution >= 4 is 33.4 Å². The quantitative estimate of drug-likeness (QED) is 0.499. The number of benzene rings is 1. The molecule has 0 aliphatic carbocycles. The van der Waals surface area contributed by atoms with E-state index in [4.69, 9.17) is 14.2 Å². The zero-order valence-corrected chi connectivity index (χ0v) is 19.4. The summed E-state index contributed by atoms with van der Waals surface area (Å²) in [5.41, 5.74) is 2.67. The van der Waals surface area contributed by atoms with Crippen LogP contribution in [-0.2, 0) is 16.1 Å². The standard InChI is InChI=1S/C24H28N2O5S/c1-4-31-24(28)17-5-8-25(9-6-17)23(27)21-14-22-20(7-10-32-22)26(21)15-16-11-18(29-2)13-19(12-16)30-3/h7,10-14,17H,4-6,8-9,15H2,1-3H3. The maximum atomic E-state index is 13.5. The number of thiophene rings is 1. The molecule has 0 N–H and O–H groups in total. The van der Waals surface area contributed by atoms with Gasteiger partial charge in [0.15, 0.2) is 0 Å². The number of amides is 1. The van der Waals surface area contributed by atoms with Crippen LogP contribution in [0.3, 0.4) is 0 Å². The van der Waals surface area contributed by atoms with E-state index in [1.165, 1.54) is 0 Å². The minimum absolute atomic E-state index is 0.00873. The molecule has 2 aromatic heterocycles. The van der Waals surface area contributed by atoms with Crippen molar-refractivity contribution in [3.63, 3.8) is 0 Å². The molecule has 1 aliphatic heterocycles. The summed E-state index contributed by atoms with van der Waals surface area (Å²) in [5.74, 6) is 1.13. The van der Waals surface area contributed by atoms with Gasteiger partial charge in [-0.1, -0.05) is 0 Å². The van der Waals surface area contributed by atoms with Gasteiger partial charge in [-0.05, 0) is 55.0 Å². The highest BCUT2D eigenvalue weighted by Gasteiger charge is 2.30. The molecule has 1 saturated heterocycles. The number of hydrogen-bond acceptors (Lipinski definition) is 6. The number of likely N-dealkylation sites (tertiary alicyclic amines) is 1. The number of esters is 1. The minimum Gasteiger partial charge on any atom is -0.497 e. The maximum Gasteiger partial charge on any atom is 0.309 e. The zero-order chi connectivity index (χ0) is 22.7. The highest BCUT2D eigenvalue weighted by atomic mass is 32.1. The lowest BCUT2D eigenvalue weighted by Crippen LogP contribution is -2.41. The summed E-state index contributed by atoms with van der Waals surface area (Å²) in [5, 5.41) is 2.03. The first kappa shape index (κ1) is 22.2. The molecule has 1 aromatic carbocycles. The summed E-state index contributed by atoms with van der Waals surface area (Å²) in [6.45, 7) is 3.82. The van der Waals surface area contributed by atoms with E-state index in [9.17, 15) is 9.59 Å². The topological polar surface area (TPSA) is 70.0 Å². The summed E-state index contributed by atoms with van der Waals surface area (Å²) < 4.78 is 19.1. The molecule has 1 amide bonds. The van der Waals surface area contributed by atoms with Crippen LogP contribution in [0.2, 0.25) is 0 Å². The maximum absolute atomic E-state index is 13.5. The van der Waals surface area contributed by atoms with Crippen LogP contribution in [0.5, 0.6) is 11.5 Å². The highest BCUT2D eigenvalue weighted by Crippen LogP contribution is 2.30. The number of rotatable bonds is 7. The molecule has 0 bridgehead atoms. The van der Waals surface area contributed by atoms with Gasteiger partial charge in [-0.25, -0.2) is 0 Å². The Morgan fingerprint density at radius 3 is 2.38 bits per heavy atom. The number of piperidine rings is 1. The van der Waals surface area contributed by atoms with Crippen LogP contribution in [-0.4, -0.2) is 55.3 Å². The first-order valence-corrected chi connectivity index (χ1v) is 11.7. The molecule has 7 nitrogen and oxygen atoms in total. The van der Waals surface area contributed by atoms with Crippen LogP contribution in [0.25, 0.3) is 10.2 Å². The van der Waals surface area contributed by atoms with Crippen molar-refractivity contribution in [3.05, 3.63) is 47.0 Å². The van der Waals surface area contributed by atoms with Gasteiger partial charge < -0.3 is 23.7 Å². The van der Waals surface area contributed by atoms with Crippen molar-refractivity contribution in [2.75, 3.05) is 33.9 Å². The third-order valence-corrected chi connectivity index (χ3v) is 6.75. The Bertz CT molecular complexity index is 1090. The molecule has 1 fully saturated rings. The van der Waals surface area contributed by atoms with Gasteiger partial charge in [0.1, 0.15) is 17.2 Å². The number of carbonyl (C=O) groups is 2. The van der Waals surface area contributed by atoms with Gasteiger partial charge in [-0.15, -0.1) is 11.3 Å². The number of ether oxygens (including phenoxy) is 3. The molecule has 4 rings (SSSR count). The number of aromatic nitrogens is 1.